The number of nitrogens with one attached hydrogen (secondary N) is 1. The second kappa shape index (κ2) is 8.28. The fourth-order valence-electron chi connectivity index (χ4n) is 3.21. The highest BCUT2D eigenvalue weighted by molar-refractivity contribution is 7.08. The van der Waals surface area contributed by atoms with Gasteiger partial charge in [0.15, 0.2) is 0 Å². The number of hydrogen-bond acceptors (Lipinski definition) is 6. The number of carbonyl (C=O) groups excluding carboxylic acids is 1. The van der Waals surface area contributed by atoms with Crippen molar-refractivity contribution >= 4 is 40.3 Å². The third kappa shape index (κ3) is 4.32. The number of benzene rings is 1. The Morgan fingerprint density at radius 1 is 1.07 bits per heavy atom. The van der Waals surface area contributed by atoms with E-state index >= 15 is 0 Å². The first kappa shape index (κ1) is 17.6. The highest BCUT2D eigenvalue weighted by Crippen LogP contribution is 2.33. The molecule has 1 aromatic carbocycles. The van der Waals surface area contributed by atoms with E-state index in [4.69, 9.17) is 0 Å². The first-order valence-corrected chi connectivity index (χ1v) is 9.95. The van der Waals surface area contributed by atoms with E-state index in [0.29, 0.717) is 12.5 Å². The topological polar surface area (TPSA) is 61.4 Å². The third-order valence-electron chi connectivity index (χ3n) is 4.49. The summed E-state index contributed by atoms with van der Waals surface area (Å²) >= 11 is 1.62. The lowest BCUT2D eigenvalue weighted by Crippen LogP contribution is -2.30. The second-order valence-electron chi connectivity index (χ2n) is 6.44. The fourth-order valence-corrected chi connectivity index (χ4v) is 3.83. The molecular formula is C20H21N5OS. The monoisotopic (exact) mass is 379 g/mol. The molecule has 2 aromatic heterocycles. The van der Waals surface area contributed by atoms with E-state index in [1.807, 2.05) is 40.6 Å². The van der Waals surface area contributed by atoms with Crippen LogP contribution in [0.1, 0.15) is 12.8 Å². The van der Waals surface area contributed by atoms with E-state index in [1.165, 1.54) is 12.8 Å². The zero-order valence-electron chi connectivity index (χ0n) is 14.9. The molecular weight excluding hydrogens is 358 g/mol. The Balaban J connectivity index is 1.50. The van der Waals surface area contributed by atoms with Crippen LogP contribution in [-0.4, -0.2) is 40.4 Å². The summed E-state index contributed by atoms with van der Waals surface area (Å²) in [4.78, 5) is 25.2. The first-order chi connectivity index (χ1) is 13.3. The van der Waals surface area contributed by atoms with Crippen molar-refractivity contribution < 1.29 is 4.79 Å². The summed E-state index contributed by atoms with van der Waals surface area (Å²) in [7, 11) is 0. The van der Waals surface area contributed by atoms with Crippen LogP contribution in [0.3, 0.4) is 0 Å². The molecule has 7 heteroatoms. The summed E-state index contributed by atoms with van der Waals surface area (Å²) in [6.45, 7) is 2.48. The SMILES string of the molecule is O=C(CN1CCCC1)Nc1ccc(N(c2ccsc2)c2ncccn2)cc1. The normalized spacial score (nSPS) is 14.2. The van der Waals surface area contributed by atoms with Gasteiger partial charge in [0, 0.05) is 29.1 Å². The zero-order valence-corrected chi connectivity index (χ0v) is 15.7. The molecule has 0 unspecified atom stereocenters. The number of nitrogens with zero attached hydrogens (tertiary/aromatic N) is 4. The summed E-state index contributed by atoms with van der Waals surface area (Å²) in [5.74, 6) is 0.646. The third-order valence-corrected chi connectivity index (χ3v) is 5.16. The molecule has 4 rings (SSSR count). The lowest BCUT2D eigenvalue weighted by Gasteiger charge is -2.21. The number of carbonyl (C=O) groups is 1. The lowest BCUT2D eigenvalue weighted by atomic mass is 10.2. The van der Waals surface area contributed by atoms with Crippen molar-refractivity contribution in [2.24, 2.45) is 0 Å². The van der Waals surface area contributed by atoms with Crippen LogP contribution in [0.5, 0.6) is 0 Å². The average Bonchev–Trinajstić information content (AvgIpc) is 3.39. The Morgan fingerprint density at radius 2 is 1.81 bits per heavy atom. The minimum atomic E-state index is 0.0331. The van der Waals surface area contributed by atoms with Crippen molar-refractivity contribution in [3.8, 4) is 0 Å². The van der Waals surface area contributed by atoms with Crippen molar-refractivity contribution in [3.05, 3.63) is 59.6 Å². The molecule has 0 radical (unpaired) electrons. The molecule has 3 aromatic rings. The first-order valence-electron chi connectivity index (χ1n) is 9.01. The molecule has 1 aliphatic rings. The fraction of sp³-hybridized carbons (Fsp3) is 0.250. The van der Waals surface area contributed by atoms with Crippen molar-refractivity contribution in [1.82, 2.24) is 14.9 Å². The Kier molecular flexibility index (Phi) is 5.41. The van der Waals surface area contributed by atoms with Gasteiger partial charge in [0.2, 0.25) is 11.9 Å². The molecule has 1 aliphatic heterocycles. The summed E-state index contributed by atoms with van der Waals surface area (Å²) in [6.07, 6.45) is 5.83. The molecule has 0 spiro atoms. The maximum absolute atomic E-state index is 12.2. The van der Waals surface area contributed by atoms with E-state index in [2.05, 4.69) is 25.6 Å². The van der Waals surface area contributed by atoms with E-state index in [-0.39, 0.29) is 5.91 Å². The van der Waals surface area contributed by atoms with E-state index < -0.39 is 0 Å². The van der Waals surface area contributed by atoms with Crippen LogP contribution in [0, 0.1) is 0 Å². The zero-order chi connectivity index (χ0) is 18.5. The van der Waals surface area contributed by atoms with Gasteiger partial charge in [-0.25, -0.2) is 9.97 Å². The van der Waals surface area contributed by atoms with Crippen LogP contribution >= 0.6 is 11.3 Å². The van der Waals surface area contributed by atoms with Crippen LogP contribution in [0.15, 0.2) is 59.6 Å². The quantitative estimate of drug-likeness (QED) is 0.700. The van der Waals surface area contributed by atoms with Gasteiger partial charge in [-0.2, -0.15) is 11.3 Å². The highest BCUT2D eigenvalue weighted by Gasteiger charge is 2.17. The molecule has 1 fully saturated rings. The van der Waals surface area contributed by atoms with Crippen molar-refractivity contribution in [3.63, 3.8) is 0 Å². The molecule has 27 heavy (non-hydrogen) atoms. The van der Waals surface area contributed by atoms with Gasteiger partial charge in [-0.1, -0.05) is 0 Å². The summed E-state index contributed by atoms with van der Waals surface area (Å²) in [5.41, 5.74) is 2.75. The van der Waals surface area contributed by atoms with Crippen LogP contribution in [0.2, 0.25) is 0 Å². The number of thiophene rings is 1. The molecule has 1 saturated heterocycles. The Bertz CT molecular complexity index is 861. The minimum absolute atomic E-state index is 0.0331. The Hall–Kier alpha value is -2.77. The number of aromatic nitrogens is 2. The van der Waals surface area contributed by atoms with E-state index in [0.717, 1.165) is 30.2 Å². The average molecular weight is 379 g/mol. The largest absolute Gasteiger partial charge is 0.325 e. The molecule has 138 valence electrons. The Labute approximate surface area is 162 Å². The number of hydrogen-bond donors (Lipinski definition) is 1. The molecule has 1 amide bonds. The molecule has 6 nitrogen and oxygen atoms in total. The van der Waals surface area contributed by atoms with Gasteiger partial charge < -0.3 is 5.32 Å². The van der Waals surface area contributed by atoms with Crippen molar-refractivity contribution in [2.45, 2.75) is 12.8 Å². The van der Waals surface area contributed by atoms with E-state index in [1.54, 1.807) is 29.8 Å². The number of likely N-dealkylation sites (tertiary alicyclic amines) is 1. The number of amides is 1. The summed E-state index contributed by atoms with van der Waals surface area (Å²) in [5, 5.41) is 7.06. The maximum Gasteiger partial charge on any atom is 0.238 e. The molecule has 0 saturated carbocycles. The second-order valence-corrected chi connectivity index (χ2v) is 7.22. The molecule has 1 N–H and O–H groups in total. The Morgan fingerprint density at radius 3 is 2.48 bits per heavy atom. The van der Waals surface area contributed by atoms with Gasteiger partial charge in [0.05, 0.1) is 12.2 Å². The smallest absolute Gasteiger partial charge is 0.238 e. The number of rotatable bonds is 6. The molecule has 0 atom stereocenters. The van der Waals surface area contributed by atoms with Crippen LogP contribution < -0.4 is 10.2 Å². The molecule has 0 bridgehead atoms. The predicted molar refractivity (Wildman–Crippen MR) is 109 cm³/mol. The van der Waals surface area contributed by atoms with E-state index in [9.17, 15) is 4.79 Å². The summed E-state index contributed by atoms with van der Waals surface area (Å²) < 4.78 is 0. The van der Waals surface area contributed by atoms with Gasteiger partial charge in [-0.05, 0) is 67.7 Å². The van der Waals surface area contributed by atoms with Crippen molar-refractivity contribution in [2.75, 3.05) is 29.9 Å². The van der Waals surface area contributed by atoms with Crippen LogP contribution in [-0.2, 0) is 4.79 Å². The van der Waals surface area contributed by atoms with Gasteiger partial charge >= 0.3 is 0 Å². The minimum Gasteiger partial charge on any atom is -0.325 e. The summed E-state index contributed by atoms with van der Waals surface area (Å²) in [6, 6.07) is 11.6. The molecule has 0 aliphatic carbocycles. The lowest BCUT2D eigenvalue weighted by molar-refractivity contribution is -0.117. The predicted octanol–water partition coefficient (Wildman–Crippen LogP) is 4.04. The van der Waals surface area contributed by atoms with Gasteiger partial charge in [-0.3, -0.25) is 14.6 Å². The van der Waals surface area contributed by atoms with Crippen molar-refractivity contribution in [1.29, 1.82) is 0 Å². The standard InChI is InChI=1S/C20H21N5OS/c26-19(14-24-11-1-2-12-24)23-16-4-6-17(7-5-16)25(18-8-13-27-15-18)20-21-9-3-10-22-20/h3-10,13,15H,1-2,11-12,14H2,(H,23,26). The number of anilines is 4. The van der Waals surface area contributed by atoms with Gasteiger partial charge in [0.25, 0.3) is 0 Å². The molecule has 3 heterocycles. The van der Waals surface area contributed by atoms with Crippen LogP contribution in [0.25, 0.3) is 0 Å². The van der Waals surface area contributed by atoms with Gasteiger partial charge in [-0.15, -0.1) is 0 Å². The van der Waals surface area contributed by atoms with Gasteiger partial charge in [0.1, 0.15) is 0 Å². The maximum atomic E-state index is 12.2. The van der Waals surface area contributed by atoms with Crippen LogP contribution in [0.4, 0.5) is 23.0 Å². The highest BCUT2D eigenvalue weighted by atomic mass is 32.1.